The number of carbonyl (C=O) groups excluding carboxylic acids is 1. The maximum absolute atomic E-state index is 11.4. The highest BCUT2D eigenvalue weighted by atomic mass is 16.6. The molecule has 1 amide bonds. The minimum absolute atomic E-state index is 0.0418. The molecule has 7 nitrogen and oxygen atoms in total. The molecule has 21 heavy (non-hydrogen) atoms. The molecule has 0 radical (unpaired) electrons. The number of alkyl carbamates (subject to hydrolysis) is 1. The lowest BCUT2D eigenvalue weighted by molar-refractivity contribution is 0.0526. The lowest BCUT2D eigenvalue weighted by Gasteiger charge is -2.19. The Labute approximate surface area is 123 Å². The zero-order valence-electron chi connectivity index (χ0n) is 12.5. The van der Waals surface area contributed by atoms with Gasteiger partial charge in [-0.2, -0.15) is 0 Å². The normalized spacial score (nSPS) is 11.0. The maximum Gasteiger partial charge on any atom is 0.407 e. The third kappa shape index (κ3) is 6.11. The van der Waals surface area contributed by atoms with Crippen LogP contribution >= 0.6 is 0 Å². The molecule has 1 aromatic heterocycles. The van der Waals surface area contributed by atoms with Crippen LogP contribution in [0.3, 0.4) is 0 Å². The number of hydrogen-bond donors (Lipinski definition) is 3. The summed E-state index contributed by atoms with van der Waals surface area (Å²) in [5.41, 5.74) is 5.80. The van der Waals surface area contributed by atoms with Crippen molar-refractivity contribution in [1.29, 1.82) is 0 Å². The summed E-state index contributed by atoms with van der Waals surface area (Å²) in [6.07, 6.45) is 2.02. The highest BCUT2D eigenvalue weighted by Crippen LogP contribution is 2.12. The molecule has 1 aromatic rings. The van der Waals surface area contributed by atoms with Crippen LogP contribution in [0.15, 0.2) is 12.3 Å². The van der Waals surface area contributed by atoms with Gasteiger partial charge in [0.05, 0.1) is 17.4 Å². The first-order chi connectivity index (χ1) is 9.69. The molecule has 0 aliphatic carbocycles. The molecule has 0 aliphatic rings. The Morgan fingerprint density at radius 1 is 1.43 bits per heavy atom. The van der Waals surface area contributed by atoms with Gasteiger partial charge < -0.3 is 20.9 Å². The fourth-order valence-corrected chi connectivity index (χ4v) is 1.61. The van der Waals surface area contributed by atoms with Crippen molar-refractivity contribution in [3.05, 3.63) is 23.5 Å². The molecule has 0 bridgehead atoms. The van der Waals surface area contributed by atoms with E-state index in [1.807, 2.05) is 0 Å². The smallest absolute Gasteiger partial charge is 0.407 e. The van der Waals surface area contributed by atoms with Gasteiger partial charge >= 0.3 is 12.1 Å². The average Bonchev–Trinajstić information content (AvgIpc) is 2.34. The molecular weight excluding hydrogens is 274 g/mol. The number of rotatable bonds is 5. The molecule has 0 aliphatic heterocycles. The number of nitrogen functional groups attached to an aromatic ring is 1. The molecule has 0 aromatic carbocycles. The molecule has 7 heteroatoms. The second-order valence-corrected chi connectivity index (χ2v) is 5.60. The number of carbonyl (C=O) groups is 2. The second kappa shape index (κ2) is 6.92. The highest BCUT2D eigenvalue weighted by Gasteiger charge is 2.15. The predicted molar refractivity (Wildman–Crippen MR) is 78.2 cm³/mol. The van der Waals surface area contributed by atoms with E-state index in [0.717, 1.165) is 0 Å². The van der Waals surface area contributed by atoms with E-state index in [4.69, 9.17) is 15.6 Å². The number of pyridine rings is 1. The van der Waals surface area contributed by atoms with Crippen molar-refractivity contribution < 1.29 is 19.4 Å². The minimum atomic E-state index is -1.08. The number of nitrogens with two attached hydrogens (primary N) is 1. The van der Waals surface area contributed by atoms with Gasteiger partial charge in [0.2, 0.25) is 0 Å². The van der Waals surface area contributed by atoms with E-state index in [0.29, 0.717) is 25.1 Å². The molecule has 0 saturated carbocycles. The van der Waals surface area contributed by atoms with Crippen LogP contribution in [0.25, 0.3) is 0 Å². The summed E-state index contributed by atoms with van der Waals surface area (Å²) in [6, 6.07) is 1.45. The number of nitrogens with zero attached hydrogens (tertiary/aromatic N) is 1. The SMILES string of the molecule is CC(C)(C)OC(=O)NCCCc1cc(C(=O)O)c(N)cn1. The van der Waals surface area contributed by atoms with Gasteiger partial charge in [-0.25, -0.2) is 9.59 Å². The Morgan fingerprint density at radius 3 is 2.67 bits per heavy atom. The van der Waals surface area contributed by atoms with Crippen LogP contribution < -0.4 is 11.1 Å². The van der Waals surface area contributed by atoms with Gasteiger partial charge in [-0.1, -0.05) is 0 Å². The summed E-state index contributed by atoms with van der Waals surface area (Å²) in [7, 11) is 0. The zero-order chi connectivity index (χ0) is 16.0. The van der Waals surface area contributed by atoms with E-state index in [2.05, 4.69) is 10.3 Å². The van der Waals surface area contributed by atoms with Gasteiger partial charge in [0, 0.05) is 12.2 Å². The summed E-state index contributed by atoms with van der Waals surface area (Å²) in [5, 5.41) is 11.6. The molecule has 4 N–H and O–H groups in total. The van der Waals surface area contributed by atoms with Crippen molar-refractivity contribution >= 4 is 17.7 Å². The van der Waals surface area contributed by atoms with Crippen LogP contribution in [0.5, 0.6) is 0 Å². The molecule has 0 spiro atoms. The number of nitrogens with one attached hydrogen (secondary N) is 1. The van der Waals surface area contributed by atoms with Crippen LogP contribution in [0.4, 0.5) is 10.5 Å². The minimum Gasteiger partial charge on any atom is -0.478 e. The molecule has 116 valence electrons. The van der Waals surface area contributed by atoms with E-state index < -0.39 is 17.7 Å². The number of aromatic carboxylic acids is 1. The molecule has 0 unspecified atom stereocenters. The van der Waals surface area contributed by atoms with Crippen molar-refractivity contribution in [2.24, 2.45) is 0 Å². The monoisotopic (exact) mass is 295 g/mol. The predicted octanol–water partition coefficient (Wildman–Crippen LogP) is 1.82. The van der Waals surface area contributed by atoms with Gasteiger partial charge in [0.1, 0.15) is 5.60 Å². The van der Waals surface area contributed by atoms with E-state index in [9.17, 15) is 9.59 Å². The summed E-state index contributed by atoms with van der Waals surface area (Å²) in [6.45, 7) is 5.79. The third-order valence-corrected chi connectivity index (χ3v) is 2.50. The van der Waals surface area contributed by atoms with Gasteiger partial charge in [-0.15, -0.1) is 0 Å². The van der Waals surface area contributed by atoms with Crippen molar-refractivity contribution in [2.75, 3.05) is 12.3 Å². The average molecular weight is 295 g/mol. The maximum atomic E-state index is 11.4. The fourth-order valence-electron chi connectivity index (χ4n) is 1.61. The largest absolute Gasteiger partial charge is 0.478 e. The topological polar surface area (TPSA) is 115 Å². The first-order valence-corrected chi connectivity index (χ1v) is 6.63. The highest BCUT2D eigenvalue weighted by molar-refractivity contribution is 5.93. The molecule has 0 fully saturated rings. The number of amides is 1. The Bertz CT molecular complexity index is 523. The second-order valence-electron chi connectivity index (χ2n) is 5.60. The summed E-state index contributed by atoms with van der Waals surface area (Å²) < 4.78 is 5.10. The third-order valence-electron chi connectivity index (χ3n) is 2.50. The Hall–Kier alpha value is -2.31. The van der Waals surface area contributed by atoms with Crippen molar-refractivity contribution in [3.63, 3.8) is 0 Å². The number of anilines is 1. The molecule has 1 heterocycles. The number of carboxylic acid groups (broad SMARTS) is 1. The van der Waals surface area contributed by atoms with Crippen LogP contribution in [-0.2, 0) is 11.2 Å². The number of aromatic nitrogens is 1. The summed E-state index contributed by atoms with van der Waals surface area (Å²) in [5.74, 6) is -1.08. The van der Waals surface area contributed by atoms with E-state index in [1.165, 1.54) is 12.3 Å². The van der Waals surface area contributed by atoms with E-state index in [-0.39, 0.29) is 11.3 Å². The van der Waals surface area contributed by atoms with Crippen molar-refractivity contribution in [3.8, 4) is 0 Å². The number of aryl methyl sites for hydroxylation is 1. The summed E-state index contributed by atoms with van der Waals surface area (Å²) >= 11 is 0. The first-order valence-electron chi connectivity index (χ1n) is 6.63. The van der Waals surface area contributed by atoms with Gasteiger partial charge in [-0.3, -0.25) is 4.98 Å². The summed E-state index contributed by atoms with van der Waals surface area (Å²) in [4.78, 5) is 26.4. The quantitative estimate of drug-likeness (QED) is 0.714. The van der Waals surface area contributed by atoms with Crippen molar-refractivity contribution in [1.82, 2.24) is 10.3 Å². The Kier molecular flexibility index (Phi) is 5.52. The van der Waals surface area contributed by atoms with E-state index in [1.54, 1.807) is 20.8 Å². The molecule has 1 rings (SSSR count). The van der Waals surface area contributed by atoms with Gasteiger partial charge in [0.25, 0.3) is 0 Å². The Balaban J connectivity index is 2.41. The lowest BCUT2D eigenvalue weighted by atomic mass is 10.1. The molecule has 0 saturated heterocycles. The standard InChI is InChI=1S/C14H21N3O4/c1-14(2,3)21-13(20)16-6-4-5-9-7-10(12(18)19)11(15)8-17-9/h7-8H,4-6,15H2,1-3H3,(H,16,20)(H,18,19). The van der Waals surface area contributed by atoms with E-state index >= 15 is 0 Å². The number of carboxylic acids is 1. The van der Waals surface area contributed by atoms with Crippen LogP contribution in [0.1, 0.15) is 43.2 Å². The van der Waals surface area contributed by atoms with Crippen LogP contribution in [0.2, 0.25) is 0 Å². The number of ether oxygens (including phenoxy) is 1. The van der Waals surface area contributed by atoms with Crippen molar-refractivity contribution in [2.45, 2.75) is 39.2 Å². The first kappa shape index (κ1) is 16.7. The van der Waals surface area contributed by atoms with Gasteiger partial charge in [-0.05, 0) is 39.7 Å². The van der Waals surface area contributed by atoms with Crippen LogP contribution in [0, 0.1) is 0 Å². The fraction of sp³-hybridized carbons (Fsp3) is 0.500. The zero-order valence-corrected chi connectivity index (χ0v) is 12.5. The molecular formula is C14H21N3O4. The lowest BCUT2D eigenvalue weighted by Crippen LogP contribution is -2.33. The molecule has 0 atom stereocenters. The van der Waals surface area contributed by atoms with Gasteiger partial charge in [0.15, 0.2) is 0 Å². The Morgan fingerprint density at radius 2 is 2.10 bits per heavy atom. The number of hydrogen-bond acceptors (Lipinski definition) is 5. The van der Waals surface area contributed by atoms with Crippen LogP contribution in [-0.4, -0.2) is 34.3 Å².